The third-order valence-corrected chi connectivity index (χ3v) is 6.26. The number of hydrogen-bond donors (Lipinski definition) is 0. The van der Waals surface area contributed by atoms with Crippen LogP contribution >= 0.6 is 11.3 Å². The fourth-order valence-corrected chi connectivity index (χ4v) is 4.45. The number of nitrogens with zero attached hydrogens (tertiary/aromatic N) is 6. The Labute approximate surface area is 162 Å². The number of aromatic nitrogens is 3. The summed E-state index contributed by atoms with van der Waals surface area (Å²) in [4.78, 5) is 24.0. The predicted molar refractivity (Wildman–Crippen MR) is 104 cm³/mol. The highest BCUT2D eigenvalue weighted by Crippen LogP contribution is 2.31. The molecule has 0 bridgehead atoms. The van der Waals surface area contributed by atoms with Crippen LogP contribution in [0.15, 0.2) is 29.9 Å². The normalized spacial score (nSPS) is 20.0. The first-order valence-corrected chi connectivity index (χ1v) is 10.1. The standard InChI is InChI=1S/C18H24N6O2S/c1-26-18(5-8-24(9-6-18)17-21-20-14-27-17)16(25)23-12-10-22(11-13-23)15-4-2-3-7-19-15/h2-4,7,14H,5-6,8-13H2,1H3. The Morgan fingerprint density at radius 2 is 1.89 bits per heavy atom. The summed E-state index contributed by atoms with van der Waals surface area (Å²) in [7, 11) is 1.66. The summed E-state index contributed by atoms with van der Waals surface area (Å²) < 4.78 is 5.79. The Morgan fingerprint density at radius 3 is 2.48 bits per heavy atom. The first kappa shape index (κ1) is 18.1. The average Bonchev–Trinajstić information content (AvgIpc) is 3.29. The summed E-state index contributed by atoms with van der Waals surface area (Å²) in [6, 6.07) is 5.92. The van der Waals surface area contributed by atoms with Gasteiger partial charge in [0.1, 0.15) is 16.9 Å². The second-order valence-corrected chi connectivity index (χ2v) is 7.69. The van der Waals surface area contributed by atoms with E-state index in [0.717, 1.165) is 37.1 Å². The molecule has 27 heavy (non-hydrogen) atoms. The van der Waals surface area contributed by atoms with Crippen molar-refractivity contribution in [2.24, 2.45) is 0 Å². The molecule has 4 rings (SSSR count). The summed E-state index contributed by atoms with van der Waals surface area (Å²) in [5.41, 5.74) is 1.01. The Hall–Kier alpha value is -2.26. The first-order valence-electron chi connectivity index (χ1n) is 9.23. The molecule has 4 heterocycles. The number of piperidine rings is 1. The SMILES string of the molecule is COC1(C(=O)N2CCN(c3ccccn3)CC2)CCN(c2nncs2)CC1. The van der Waals surface area contributed by atoms with Gasteiger partial charge in [0.25, 0.3) is 5.91 Å². The van der Waals surface area contributed by atoms with Gasteiger partial charge in [0.15, 0.2) is 0 Å². The summed E-state index contributed by atoms with van der Waals surface area (Å²) >= 11 is 1.53. The molecule has 2 saturated heterocycles. The Kier molecular flexibility index (Phi) is 5.22. The molecule has 0 N–H and O–H groups in total. The van der Waals surface area contributed by atoms with Crippen molar-refractivity contribution in [2.45, 2.75) is 18.4 Å². The molecular formula is C18H24N6O2S. The number of hydrogen-bond acceptors (Lipinski definition) is 8. The molecule has 0 aliphatic carbocycles. The van der Waals surface area contributed by atoms with Gasteiger partial charge in [-0.1, -0.05) is 17.4 Å². The van der Waals surface area contributed by atoms with E-state index in [1.165, 1.54) is 11.3 Å². The minimum Gasteiger partial charge on any atom is -0.368 e. The minimum atomic E-state index is -0.728. The first-order chi connectivity index (χ1) is 13.2. The van der Waals surface area contributed by atoms with Crippen LogP contribution in [0.2, 0.25) is 0 Å². The maximum Gasteiger partial charge on any atom is 0.255 e. The molecule has 0 saturated carbocycles. The van der Waals surface area contributed by atoms with Gasteiger partial charge >= 0.3 is 0 Å². The Balaban J connectivity index is 1.37. The highest BCUT2D eigenvalue weighted by atomic mass is 32.1. The largest absolute Gasteiger partial charge is 0.368 e. The molecule has 144 valence electrons. The molecule has 1 amide bonds. The maximum atomic E-state index is 13.3. The molecule has 0 unspecified atom stereocenters. The molecule has 2 aliphatic heterocycles. The summed E-state index contributed by atoms with van der Waals surface area (Å²) in [5.74, 6) is 1.08. The van der Waals surface area contributed by atoms with Gasteiger partial charge in [0, 0.05) is 65.4 Å². The van der Waals surface area contributed by atoms with E-state index in [2.05, 4.69) is 25.0 Å². The number of pyridine rings is 1. The van der Waals surface area contributed by atoms with Gasteiger partial charge in [-0.25, -0.2) is 4.98 Å². The molecular weight excluding hydrogens is 364 g/mol. The predicted octanol–water partition coefficient (Wildman–Crippen LogP) is 1.27. The summed E-state index contributed by atoms with van der Waals surface area (Å²) in [6.07, 6.45) is 3.14. The Bertz CT molecular complexity index is 740. The van der Waals surface area contributed by atoms with Gasteiger partial charge in [-0.15, -0.1) is 10.2 Å². The average molecular weight is 388 g/mol. The zero-order valence-electron chi connectivity index (χ0n) is 15.5. The zero-order valence-corrected chi connectivity index (χ0v) is 16.3. The molecule has 0 spiro atoms. The fourth-order valence-electron chi connectivity index (χ4n) is 3.84. The van der Waals surface area contributed by atoms with Crippen molar-refractivity contribution in [3.05, 3.63) is 29.9 Å². The highest BCUT2D eigenvalue weighted by molar-refractivity contribution is 7.13. The lowest BCUT2D eigenvalue weighted by Crippen LogP contribution is -2.59. The van der Waals surface area contributed by atoms with Gasteiger partial charge in [-0.2, -0.15) is 0 Å². The molecule has 8 nitrogen and oxygen atoms in total. The van der Waals surface area contributed by atoms with Crippen LogP contribution in [0.1, 0.15) is 12.8 Å². The van der Waals surface area contributed by atoms with Crippen LogP contribution in [0.25, 0.3) is 0 Å². The second kappa shape index (κ2) is 7.77. The topological polar surface area (TPSA) is 74.7 Å². The quantitative estimate of drug-likeness (QED) is 0.781. The van der Waals surface area contributed by atoms with E-state index in [0.29, 0.717) is 25.9 Å². The van der Waals surface area contributed by atoms with Gasteiger partial charge in [0.2, 0.25) is 5.13 Å². The van der Waals surface area contributed by atoms with Crippen LogP contribution in [0.4, 0.5) is 10.9 Å². The number of rotatable bonds is 4. The molecule has 0 radical (unpaired) electrons. The van der Waals surface area contributed by atoms with Gasteiger partial charge in [-0.05, 0) is 12.1 Å². The molecule has 2 fully saturated rings. The van der Waals surface area contributed by atoms with Crippen molar-refractivity contribution in [1.82, 2.24) is 20.1 Å². The smallest absolute Gasteiger partial charge is 0.255 e. The lowest BCUT2D eigenvalue weighted by atomic mass is 9.89. The lowest BCUT2D eigenvalue weighted by molar-refractivity contribution is -0.158. The van der Waals surface area contributed by atoms with Crippen LogP contribution in [-0.2, 0) is 9.53 Å². The summed E-state index contributed by atoms with van der Waals surface area (Å²) in [5, 5.41) is 8.95. The van der Waals surface area contributed by atoms with E-state index in [-0.39, 0.29) is 5.91 Å². The van der Waals surface area contributed by atoms with Crippen LogP contribution in [0.3, 0.4) is 0 Å². The molecule has 9 heteroatoms. The third kappa shape index (κ3) is 3.61. The van der Waals surface area contributed by atoms with Crippen molar-refractivity contribution in [1.29, 1.82) is 0 Å². The zero-order chi connectivity index (χ0) is 18.7. The molecule has 0 aromatic carbocycles. The minimum absolute atomic E-state index is 0.114. The summed E-state index contributed by atoms with van der Waals surface area (Å²) in [6.45, 7) is 4.48. The third-order valence-electron chi connectivity index (χ3n) is 5.51. The van der Waals surface area contributed by atoms with E-state index >= 15 is 0 Å². The van der Waals surface area contributed by atoms with Crippen LogP contribution in [0.5, 0.6) is 0 Å². The van der Waals surface area contributed by atoms with Crippen molar-refractivity contribution in [2.75, 3.05) is 56.2 Å². The van der Waals surface area contributed by atoms with Crippen LogP contribution in [-0.4, -0.2) is 78.0 Å². The van der Waals surface area contributed by atoms with Gasteiger partial charge < -0.3 is 19.4 Å². The van der Waals surface area contributed by atoms with Crippen molar-refractivity contribution >= 4 is 28.2 Å². The van der Waals surface area contributed by atoms with E-state index in [9.17, 15) is 4.79 Å². The second-order valence-electron chi connectivity index (χ2n) is 6.87. The number of amides is 1. The number of anilines is 2. The number of ether oxygens (including phenoxy) is 1. The number of carbonyl (C=O) groups excluding carboxylic acids is 1. The molecule has 2 aromatic rings. The van der Waals surface area contributed by atoms with E-state index in [1.54, 1.807) is 18.8 Å². The van der Waals surface area contributed by atoms with E-state index < -0.39 is 5.60 Å². The van der Waals surface area contributed by atoms with Crippen LogP contribution in [0, 0.1) is 0 Å². The van der Waals surface area contributed by atoms with E-state index in [4.69, 9.17) is 4.74 Å². The number of carbonyl (C=O) groups is 1. The van der Waals surface area contributed by atoms with Gasteiger partial charge in [0.05, 0.1) is 0 Å². The fraction of sp³-hybridized carbons (Fsp3) is 0.556. The maximum absolute atomic E-state index is 13.3. The highest BCUT2D eigenvalue weighted by Gasteiger charge is 2.45. The van der Waals surface area contributed by atoms with Crippen molar-refractivity contribution in [3.63, 3.8) is 0 Å². The van der Waals surface area contributed by atoms with Gasteiger partial charge in [-0.3, -0.25) is 4.79 Å². The number of piperazine rings is 1. The van der Waals surface area contributed by atoms with Crippen molar-refractivity contribution in [3.8, 4) is 0 Å². The molecule has 2 aliphatic rings. The molecule has 0 atom stereocenters. The lowest BCUT2D eigenvalue weighted by Gasteiger charge is -2.44. The van der Waals surface area contributed by atoms with Crippen LogP contribution < -0.4 is 9.80 Å². The monoisotopic (exact) mass is 388 g/mol. The van der Waals surface area contributed by atoms with Crippen molar-refractivity contribution < 1.29 is 9.53 Å². The Morgan fingerprint density at radius 1 is 1.11 bits per heavy atom. The molecule has 2 aromatic heterocycles. The number of methoxy groups -OCH3 is 1. The van der Waals surface area contributed by atoms with E-state index in [1.807, 2.05) is 23.1 Å².